The molecule has 1 N–H and O–H groups in total. The predicted molar refractivity (Wildman–Crippen MR) is 75.0 cm³/mol. The van der Waals surface area contributed by atoms with Crippen LogP contribution in [0.2, 0.25) is 5.02 Å². The number of amides is 1. The molecule has 6 nitrogen and oxygen atoms in total. The minimum atomic E-state index is -0.532. The lowest BCUT2D eigenvalue weighted by Gasteiger charge is -2.06. The summed E-state index contributed by atoms with van der Waals surface area (Å²) >= 11 is 5.96. The van der Waals surface area contributed by atoms with E-state index < -0.39 is 10.8 Å². The van der Waals surface area contributed by atoms with Gasteiger partial charge in [0.15, 0.2) is 0 Å². The van der Waals surface area contributed by atoms with Crippen molar-refractivity contribution < 1.29 is 9.72 Å². The van der Waals surface area contributed by atoms with E-state index in [2.05, 4.69) is 10.3 Å². The first kappa shape index (κ1) is 14.0. The van der Waals surface area contributed by atoms with E-state index in [0.717, 1.165) is 0 Å². The molecule has 0 saturated heterocycles. The lowest BCUT2D eigenvalue weighted by molar-refractivity contribution is -0.384. The predicted octanol–water partition coefficient (Wildman–Crippen LogP) is 3.20. The summed E-state index contributed by atoms with van der Waals surface area (Å²) in [7, 11) is 0. The number of aromatic nitrogens is 1. The van der Waals surface area contributed by atoms with Crippen molar-refractivity contribution >= 4 is 28.9 Å². The first-order chi connectivity index (χ1) is 9.47. The maximum absolute atomic E-state index is 12.0. The van der Waals surface area contributed by atoms with Gasteiger partial charge in [-0.3, -0.25) is 19.9 Å². The smallest absolute Gasteiger partial charge is 0.271 e. The van der Waals surface area contributed by atoms with Crippen molar-refractivity contribution in [3.05, 3.63) is 62.9 Å². The molecular weight excluding hydrogens is 282 g/mol. The summed E-state index contributed by atoms with van der Waals surface area (Å²) in [5.41, 5.74) is 1.13. The second-order valence-corrected chi connectivity index (χ2v) is 4.47. The lowest BCUT2D eigenvalue weighted by Crippen LogP contribution is -2.13. The van der Waals surface area contributed by atoms with Crippen molar-refractivity contribution in [1.82, 2.24) is 4.98 Å². The van der Waals surface area contributed by atoms with Gasteiger partial charge in [-0.15, -0.1) is 0 Å². The summed E-state index contributed by atoms with van der Waals surface area (Å²) in [4.78, 5) is 26.1. The van der Waals surface area contributed by atoms with Crippen LogP contribution >= 0.6 is 11.6 Å². The van der Waals surface area contributed by atoms with Gasteiger partial charge in [0, 0.05) is 29.7 Å². The van der Waals surface area contributed by atoms with Gasteiger partial charge in [-0.2, -0.15) is 0 Å². The van der Waals surface area contributed by atoms with E-state index in [0.29, 0.717) is 11.4 Å². The zero-order chi connectivity index (χ0) is 14.7. The summed E-state index contributed by atoms with van der Waals surface area (Å²) < 4.78 is 0. The average Bonchev–Trinajstić information content (AvgIpc) is 2.38. The molecule has 102 valence electrons. The molecule has 1 aromatic heterocycles. The van der Waals surface area contributed by atoms with Crippen LogP contribution in [0.3, 0.4) is 0 Å². The molecule has 0 aliphatic rings. The van der Waals surface area contributed by atoms with Crippen LogP contribution in [-0.4, -0.2) is 15.8 Å². The minimum absolute atomic E-state index is 0.101. The number of hydrogen-bond donors (Lipinski definition) is 1. The van der Waals surface area contributed by atoms with E-state index in [-0.39, 0.29) is 16.3 Å². The zero-order valence-corrected chi connectivity index (χ0v) is 11.2. The Labute approximate surface area is 119 Å². The Kier molecular flexibility index (Phi) is 3.95. The number of rotatable bonds is 3. The van der Waals surface area contributed by atoms with Crippen molar-refractivity contribution in [2.45, 2.75) is 6.92 Å². The number of halogens is 1. The third-order valence-electron chi connectivity index (χ3n) is 2.55. The standard InChI is InChI=1S/C13H10ClN3O3/c1-8-5-12(14)11(7-15-8)13(18)16-9-3-2-4-10(6-9)17(19)20/h2-7H,1H3,(H,16,18). The van der Waals surface area contributed by atoms with Crippen LogP contribution in [0.4, 0.5) is 11.4 Å². The number of carbonyl (C=O) groups excluding carboxylic acids is 1. The molecule has 0 aliphatic heterocycles. The summed E-state index contributed by atoms with van der Waals surface area (Å²) in [5.74, 6) is -0.469. The van der Waals surface area contributed by atoms with Crippen molar-refractivity contribution in [1.29, 1.82) is 0 Å². The monoisotopic (exact) mass is 291 g/mol. The molecule has 1 heterocycles. The van der Waals surface area contributed by atoms with Crippen molar-refractivity contribution in [3.63, 3.8) is 0 Å². The Hall–Kier alpha value is -2.47. The number of non-ortho nitro benzene ring substituents is 1. The molecule has 0 fully saturated rings. The van der Waals surface area contributed by atoms with Gasteiger partial charge in [-0.25, -0.2) is 0 Å². The average molecular weight is 292 g/mol. The second-order valence-electron chi connectivity index (χ2n) is 4.07. The lowest BCUT2D eigenvalue weighted by atomic mass is 10.2. The van der Waals surface area contributed by atoms with Crippen LogP contribution in [0.25, 0.3) is 0 Å². The van der Waals surface area contributed by atoms with Crippen LogP contribution in [0.5, 0.6) is 0 Å². The van der Waals surface area contributed by atoms with Crippen LogP contribution < -0.4 is 5.32 Å². The van der Waals surface area contributed by atoms with Gasteiger partial charge in [0.2, 0.25) is 0 Å². The number of carbonyl (C=O) groups is 1. The van der Waals surface area contributed by atoms with E-state index in [1.165, 1.54) is 24.4 Å². The molecule has 0 spiro atoms. The first-order valence-corrected chi connectivity index (χ1v) is 6.03. The normalized spacial score (nSPS) is 10.1. The molecule has 7 heteroatoms. The molecule has 0 bridgehead atoms. The number of hydrogen-bond acceptors (Lipinski definition) is 4. The van der Waals surface area contributed by atoms with Crippen LogP contribution in [0, 0.1) is 17.0 Å². The van der Waals surface area contributed by atoms with Gasteiger partial charge in [0.05, 0.1) is 15.5 Å². The minimum Gasteiger partial charge on any atom is -0.322 e. The second kappa shape index (κ2) is 5.66. The fourth-order valence-corrected chi connectivity index (χ4v) is 1.88. The fourth-order valence-electron chi connectivity index (χ4n) is 1.59. The number of benzene rings is 1. The number of nitro groups is 1. The molecule has 1 amide bonds. The molecule has 1 aromatic carbocycles. The number of nitrogens with one attached hydrogen (secondary N) is 1. The highest BCUT2D eigenvalue weighted by molar-refractivity contribution is 6.34. The largest absolute Gasteiger partial charge is 0.322 e. The van der Waals surface area contributed by atoms with E-state index in [1.807, 2.05) is 0 Å². The van der Waals surface area contributed by atoms with Gasteiger partial charge >= 0.3 is 0 Å². The Morgan fingerprint density at radius 2 is 2.15 bits per heavy atom. The summed E-state index contributed by atoms with van der Waals surface area (Å²) in [6, 6.07) is 7.23. The molecule has 0 atom stereocenters. The Morgan fingerprint density at radius 3 is 2.80 bits per heavy atom. The molecule has 0 unspecified atom stereocenters. The zero-order valence-electron chi connectivity index (χ0n) is 10.5. The first-order valence-electron chi connectivity index (χ1n) is 5.65. The van der Waals surface area contributed by atoms with E-state index in [4.69, 9.17) is 11.6 Å². The Morgan fingerprint density at radius 1 is 1.40 bits per heavy atom. The summed E-state index contributed by atoms with van der Waals surface area (Å²) in [5, 5.41) is 13.5. The Bertz CT molecular complexity index is 688. The third-order valence-corrected chi connectivity index (χ3v) is 2.86. The van der Waals surface area contributed by atoms with Crippen LogP contribution in [0.15, 0.2) is 36.5 Å². The third kappa shape index (κ3) is 3.10. The van der Waals surface area contributed by atoms with Crippen LogP contribution in [-0.2, 0) is 0 Å². The van der Waals surface area contributed by atoms with E-state index in [9.17, 15) is 14.9 Å². The molecule has 0 aliphatic carbocycles. The van der Waals surface area contributed by atoms with E-state index in [1.54, 1.807) is 19.1 Å². The molecule has 0 radical (unpaired) electrons. The van der Waals surface area contributed by atoms with Gasteiger partial charge in [-0.05, 0) is 19.1 Å². The number of aryl methyl sites for hydroxylation is 1. The molecule has 2 rings (SSSR count). The van der Waals surface area contributed by atoms with Gasteiger partial charge in [-0.1, -0.05) is 17.7 Å². The molecular formula is C13H10ClN3O3. The topological polar surface area (TPSA) is 85.1 Å². The quantitative estimate of drug-likeness (QED) is 0.695. The molecule has 2 aromatic rings. The molecule has 20 heavy (non-hydrogen) atoms. The number of pyridine rings is 1. The van der Waals surface area contributed by atoms with Crippen LogP contribution in [0.1, 0.15) is 16.1 Å². The highest BCUT2D eigenvalue weighted by Crippen LogP contribution is 2.20. The highest BCUT2D eigenvalue weighted by Gasteiger charge is 2.13. The van der Waals surface area contributed by atoms with Crippen molar-refractivity contribution in [2.24, 2.45) is 0 Å². The number of nitrogens with zero attached hydrogens (tertiary/aromatic N) is 2. The molecule has 0 saturated carbocycles. The maximum atomic E-state index is 12.0. The van der Waals surface area contributed by atoms with Gasteiger partial charge in [0.25, 0.3) is 11.6 Å². The summed E-state index contributed by atoms with van der Waals surface area (Å²) in [6.45, 7) is 1.76. The Balaban J connectivity index is 2.23. The summed E-state index contributed by atoms with van der Waals surface area (Å²) in [6.07, 6.45) is 1.37. The highest BCUT2D eigenvalue weighted by atomic mass is 35.5. The van der Waals surface area contributed by atoms with Gasteiger partial charge < -0.3 is 5.32 Å². The van der Waals surface area contributed by atoms with Gasteiger partial charge in [0.1, 0.15) is 0 Å². The van der Waals surface area contributed by atoms with E-state index >= 15 is 0 Å². The van der Waals surface area contributed by atoms with Crippen molar-refractivity contribution in [2.75, 3.05) is 5.32 Å². The van der Waals surface area contributed by atoms with Crippen molar-refractivity contribution in [3.8, 4) is 0 Å². The SMILES string of the molecule is Cc1cc(Cl)c(C(=O)Nc2cccc([N+](=O)[O-])c2)cn1. The number of nitro benzene ring substituents is 1. The number of anilines is 1. The maximum Gasteiger partial charge on any atom is 0.271 e. The fraction of sp³-hybridized carbons (Fsp3) is 0.0769.